The third-order valence-corrected chi connectivity index (χ3v) is 5.78. The van der Waals surface area contributed by atoms with Crippen LogP contribution in [0.15, 0.2) is 54.7 Å². The average Bonchev–Trinajstić information content (AvgIpc) is 3.32. The number of carbonyl (C=O) groups is 2. The maximum Gasteiger partial charge on any atom is 0.256 e. The molecule has 0 saturated carbocycles. The van der Waals surface area contributed by atoms with E-state index in [0.717, 1.165) is 5.56 Å². The highest BCUT2D eigenvalue weighted by atomic mass is 16.5. The Bertz CT molecular complexity index is 1430. The Kier molecular flexibility index (Phi) is 6.91. The maximum atomic E-state index is 13.7. The van der Waals surface area contributed by atoms with Crippen LogP contribution >= 0.6 is 0 Å². The summed E-state index contributed by atoms with van der Waals surface area (Å²) in [6, 6.07) is 14.6. The molecule has 0 fully saturated rings. The Balaban J connectivity index is 1.86. The van der Waals surface area contributed by atoms with Crippen LogP contribution in [0.3, 0.4) is 0 Å². The number of benzene rings is 2. The number of nitrogens with zero attached hydrogens (tertiary/aromatic N) is 4. The van der Waals surface area contributed by atoms with Gasteiger partial charge in [0.05, 0.1) is 48.3 Å². The summed E-state index contributed by atoms with van der Waals surface area (Å²) < 4.78 is 12.6. The number of carbonyl (C=O) groups excluding carboxylic acids is 2. The van der Waals surface area contributed by atoms with Crippen molar-refractivity contribution < 1.29 is 19.1 Å². The third-order valence-electron chi connectivity index (χ3n) is 5.78. The van der Waals surface area contributed by atoms with Gasteiger partial charge in [0.1, 0.15) is 0 Å². The SMILES string of the molecule is COc1cc(NC(=O)c2cc(-c3ccccc3)nc3c2cnn3C(C)C)c(C(=O)N(C)C)cc1OC. The Hall–Kier alpha value is -4.40. The second-order valence-corrected chi connectivity index (χ2v) is 8.75. The number of pyridine rings is 1. The molecule has 2 aromatic carbocycles. The summed E-state index contributed by atoms with van der Waals surface area (Å²) in [6.45, 7) is 4.01. The predicted octanol–water partition coefficient (Wildman–Crippen LogP) is 4.65. The third kappa shape index (κ3) is 4.59. The zero-order valence-electron chi connectivity index (χ0n) is 21.2. The summed E-state index contributed by atoms with van der Waals surface area (Å²) in [5.74, 6) is 0.0869. The van der Waals surface area contributed by atoms with E-state index in [1.165, 1.54) is 19.1 Å². The van der Waals surface area contributed by atoms with Crippen molar-refractivity contribution in [3.63, 3.8) is 0 Å². The van der Waals surface area contributed by atoms with Gasteiger partial charge >= 0.3 is 0 Å². The van der Waals surface area contributed by atoms with E-state index in [0.29, 0.717) is 39.5 Å². The summed E-state index contributed by atoms with van der Waals surface area (Å²) >= 11 is 0. The molecule has 2 heterocycles. The van der Waals surface area contributed by atoms with Crippen LogP contribution in [-0.4, -0.2) is 59.8 Å². The number of amides is 2. The van der Waals surface area contributed by atoms with Crippen molar-refractivity contribution >= 4 is 28.5 Å². The first-order chi connectivity index (χ1) is 17.2. The fourth-order valence-corrected chi connectivity index (χ4v) is 3.93. The molecule has 2 aromatic heterocycles. The van der Waals surface area contributed by atoms with Gasteiger partial charge in [-0.15, -0.1) is 0 Å². The van der Waals surface area contributed by atoms with Crippen LogP contribution in [0.4, 0.5) is 5.69 Å². The molecule has 0 atom stereocenters. The van der Waals surface area contributed by atoms with E-state index in [-0.39, 0.29) is 17.5 Å². The lowest BCUT2D eigenvalue weighted by Gasteiger charge is -2.18. The van der Waals surface area contributed by atoms with E-state index in [1.807, 2.05) is 44.2 Å². The summed E-state index contributed by atoms with van der Waals surface area (Å²) in [5, 5.41) is 8.00. The summed E-state index contributed by atoms with van der Waals surface area (Å²) in [5.41, 5.74) is 3.10. The minimum Gasteiger partial charge on any atom is -0.493 e. The Labute approximate surface area is 209 Å². The molecule has 0 spiro atoms. The molecule has 0 aliphatic rings. The van der Waals surface area contributed by atoms with Crippen LogP contribution in [0.5, 0.6) is 11.5 Å². The number of anilines is 1. The van der Waals surface area contributed by atoms with Gasteiger partial charge in [0, 0.05) is 31.8 Å². The minimum absolute atomic E-state index is 0.0482. The number of aromatic nitrogens is 3. The van der Waals surface area contributed by atoms with Crippen molar-refractivity contribution in [2.24, 2.45) is 0 Å². The van der Waals surface area contributed by atoms with Gasteiger partial charge in [0.25, 0.3) is 11.8 Å². The van der Waals surface area contributed by atoms with Crippen molar-refractivity contribution in [1.29, 1.82) is 0 Å². The van der Waals surface area contributed by atoms with E-state index >= 15 is 0 Å². The van der Waals surface area contributed by atoms with Crippen LogP contribution in [0, 0.1) is 0 Å². The number of fused-ring (bicyclic) bond motifs is 1. The predicted molar refractivity (Wildman–Crippen MR) is 139 cm³/mol. The molecular formula is C27H29N5O4. The summed E-state index contributed by atoms with van der Waals surface area (Å²) in [7, 11) is 6.27. The van der Waals surface area contributed by atoms with Crippen molar-refractivity contribution in [2.75, 3.05) is 33.6 Å². The maximum absolute atomic E-state index is 13.7. The average molecular weight is 488 g/mol. The van der Waals surface area contributed by atoms with Gasteiger partial charge in [0.15, 0.2) is 17.1 Å². The van der Waals surface area contributed by atoms with Crippen LogP contribution in [0.2, 0.25) is 0 Å². The molecule has 186 valence electrons. The summed E-state index contributed by atoms with van der Waals surface area (Å²) in [4.78, 5) is 32.9. The molecule has 0 bridgehead atoms. The zero-order chi connectivity index (χ0) is 26.0. The Morgan fingerprint density at radius 1 is 0.972 bits per heavy atom. The van der Waals surface area contributed by atoms with E-state index in [9.17, 15) is 9.59 Å². The molecule has 0 aliphatic carbocycles. The number of hydrogen-bond donors (Lipinski definition) is 1. The van der Waals surface area contributed by atoms with Gasteiger partial charge in [-0.05, 0) is 26.0 Å². The number of rotatable bonds is 7. The Morgan fingerprint density at radius 2 is 1.64 bits per heavy atom. The second-order valence-electron chi connectivity index (χ2n) is 8.75. The largest absolute Gasteiger partial charge is 0.493 e. The highest BCUT2D eigenvalue weighted by molar-refractivity contribution is 6.15. The second kappa shape index (κ2) is 10.1. The molecule has 2 amide bonds. The summed E-state index contributed by atoms with van der Waals surface area (Å²) in [6.07, 6.45) is 1.65. The molecule has 4 aromatic rings. The number of nitrogens with one attached hydrogen (secondary N) is 1. The monoisotopic (exact) mass is 487 g/mol. The molecule has 36 heavy (non-hydrogen) atoms. The smallest absolute Gasteiger partial charge is 0.256 e. The van der Waals surface area contributed by atoms with Gasteiger partial charge in [-0.1, -0.05) is 30.3 Å². The molecular weight excluding hydrogens is 458 g/mol. The molecule has 9 heteroatoms. The van der Waals surface area contributed by atoms with Crippen LogP contribution in [-0.2, 0) is 0 Å². The lowest BCUT2D eigenvalue weighted by atomic mass is 10.1. The van der Waals surface area contributed by atoms with E-state index < -0.39 is 5.91 Å². The standard InChI is InChI=1S/C27H29N5O4/c1-16(2)32-25-20(15-28-32)18(12-21(29-25)17-10-8-7-9-11-17)26(33)30-22-14-24(36-6)23(35-5)13-19(22)27(34)31(3)4/h7-16H,1-6H3,(H,30,33). The highest BCUT2D eigenvalue weighted by Crippen LogP contribution is 2.35. The van der Waals surface area contributed by atoms with Gasteiger partial charge in [0.2, 0.25) is 0 Å². The van der Waals surface area contributed by atoms with Gasteiger partial charge in [-0.2, -0.15) is 5.10 Å². The quantitative estimate of drug-likeness (QED) is 0.407. The van der Waals surface area contributed by atoms with Crippen LogP contribution < -0.4 is 14.8 Å². The number of methoxy groups -OCH3 is 2. The lowest BCUT2D eigenvalue weighted by molar-refractivity contribution is 0.0828. The Morgan fingerprint density at radius 3 is 2.25 bits per heavy atom. The molecule has 0 radical (unpaired) electrons. The number of hydrogen-bond acceptors (Lipinski definition) is 6. The molecule has 9 nitrogen and oxygen atoms in total. The first-order valence-electron chi connectivity index (χ1n) is 11.5. The molecule has 1 N–H and O–H groups in total. The van der Waals surface area contributed by atoms with E-state index in [1.54, 1.807) is 43.2 Å². The first-order valence-corrected chi connectivity index (χ1v) is 11.5. The van der Waals surface area contributed by atoms with Crippen molar-refractivity contribution in [3.8, 4) is 22.8 Å². The molecule has 0 aliphatic heterocycles. The van der Waals surface area contributed by atoms with Gasteiger partial charge < -0.3 is 19.7 Å². The van der Waals surface area contributed by atoms with Gasteiger partial charge in [-0.25, -0.2) is 9.67 Å². The van der Waals surface area contributed by atoms with Gasteiger partial charge in [-0.3, -0.25) is 9.59 Å². The van der Waals surface area contributed by atoms with Crippen LogP contribution in [0.1, 0.15) is 40.6 Å². The molecule has 4 rings (SSSR count). The fraction of sp³-hybridized carbons (Fsp3) is 0.259. The van der Waals surface area contributed by atoms with E-state index in [4.69, 9.17) is 14.5 Å². The van der Waals surface area contributed by atoms with Crippen molar-refractivity contribution in [1.82, 2.24) is 19.7 Å². The van der Waals surface area contributed by atoms with Crippen molar-refractivity contribution in [3.05, 3.63) is 65.9 Å². The minimum atomic E-state index is -0.400. The lowest BCUT2D eigenvalue weighted by Crippen LogP contribution is -2.24. The van der Waals surface area contributed by atoms with E-state index in [2.05, 4.69) is 10.4 Å². The molecule has 0 saturated heterocycles. The normalized spacial score (nSPS) is 11.0. The van der Waals surface area contributed by atoms with Crippen molar-refractivity contribution in [2.45, 2.75) is 19.9 Å². The fourth-order valence-electron chi connectivity index (χ4n) is 3.93. The topological polar surface area (TPSA) is 98.6 Å². The first kappa shape index (κ1) is 24.7. The van der Waals surface area contributed by atoms with Crippen LogP contribution in [0.25, 0.3) is 22.3 Å². The number of ether oxygens (including phenoxy) is 2. The zero-order valence-corrected chi connectivity index (χ0v) is 21.2. The highest BCUT2D eigenvalue weighted by Gasteiger charge is 2.23. The molecule has 0 unspecified atom stereocenters.